The number of nitrogens with one attached hydrogen (secondary N) is 1. The van der Waals surface area contributed by atoms with Crippen LogP contribution in [0.25, 0.3) is 0 Å². The topological polar surface area (TPSA) is 51.2 Å². The van der Waals surface area contributed by atoms with Crippen molar-refractivity contribution < 1.29 is 9.53 Å². The molecule has 0 unspecified atom stereocenters. The van der Waals surface area contributed by atoms with Gasteiger partial charge >= 0.3 is 5.97 Å². The van der Waals surface area contributed by atoms with Gasteiger partial charge in [0.15, 0.2) is 0 Å². The molecule has 1 aromatic heterocycles. The van der Waals surface area contributed by atoms with E-state index in [0.717, 1.165) is 5.69 Å². The normalized spacial score (nSPS) is 11.7. The Bertz CT molecular complexity index is 538. The molecule has 0 spiro atoms. The lowest BCUT2D eigenvalue weighted by atomic mass is 10.1. The molecule has 1 heterocycles. The number of nitrogens with zero attached hydrogens (tertiary/aromatic N) is 1. The van der Waals surface area contributed by atoms with Crippen LogP contribution in [0.1, 0.15) is 29.0 Å². The number of ether oxygens (including phenoxy) is 1. The van der Waals surface area contributed by atoms with Gasteiger partial charge < -0.3 is 10.1 Å². The van der Waals surface area contributed by atoms with Crippen molar-refractivity contribution >= 4 is 11.7 Å². The van der Waals surface area contributed by atoms with E-state index in [-0.39, 0.29) is 6.04 Å². The van der Waals surface area contributed by atoms with E-state index in [4.69, 9.17) is 0 Å². The molecule has 2 rings (SSSR count). The van der Waals surface area contributed by atoms with Crippen LogP contribution in [0, 0.1) is 0 Å². The molecule has 0 amide bonds. The average molecular weight is 256 g/mol. The summed E-state index contributed by atoms with van der Waals surface area (Å²) in [5, 5.41) is 3.33. The minimum atomic E-state index is -0.428. The first-order valence-electron chi connectivity index (χ1n) is 6.06. The Labute approximate surface area is 112 Å². The van der Waals surface area contributed by atoms with Crippen LogP contribution in [0.15, 0.2) is 48.7 Å². The predicted octanol–water partition coefficient (Wildman–Crippen LogP) is 3.04. The van der Waals surface area contributed by atoms with Gasteiger partial charge in [-0.15, -0.1) is 0 Å². The second-order valence-electron chi connectivity index (χ2n) is 4.20. The molecule has 1 atom stereocenters. The SMILES string of the molecule is COC(=O)c1ccc(N[C@@H](C)c2ccccc2)cn1. The van der Waals surface area contributed by atoms with Crippen molar-refractivity contribution in [3.8, 4) is 0 Å². The van der Waals surface area contributed by atoms with E-state index in [9.17, 15) is 4.79 Å². The van der Waals surface area contributed by atoms with E-state index in [1.54, 1.807) is 12.3 Å². The summed E-state index contributed by atoms with van der Waals surface area (Å²) < 4.78 is 4.60. The molecule has 4 nitrogen and oxygen atoms in total. The van der Waals surface area contributed by atoms with Gasteiger partial charge in [0.25, 0.3) is 0 Å². The smallest absolute Gasteiger partial charge is 0.356 e. The molecule has 0 saturated carbocycles. The number of anilines is 1. The first-order chi connectivity index (χ1) is 9.20. The van der Waals surface area contributed by atoms with Crippen molar-refractivity contribution in [1.82, 2.24) is 4.98 Å². The Balaban J connectivity index is 2.06. The Hall–Kier alpha value is -2.36. The molecule has 19 heavy (non-hydrogen) atoms. The van der Waals surface area contributed by atoms with Crippen LogP contribution in [-0.4, -0.2) is 18.1 Å². The van der Waals surface area contributed by atoms with Crippen molar-refractivity contribution in [3.63, 3.8) is 0 Å². The standard InChI is InChI=1S/C15H16N2O2/c1-11(12-6-4-3-5-7-12)17-13-8-9-14(16-10-13)15(18)19-2/h3-11,17H,1-2H3/t11-/m0/s1. The number of benzene rings is 1. The maximum Gasteiger partial charge on any atom is 0.356 e. The molecular formula is C15H16N2O2. The highest BCUT2D eigenvalue weighted by Gasteiger charge is 2.08. The molecule has 98 valence electrons. The van der Waals surface area contributed by atoms with Gasteiger partial charge in [0.1, 0.15) is 5.69 Å². The van der Waals surface area contributed by atoms with Gasteiger partial charge in [-0.2, -0.15) is 0 Å². The van der Waals surface area contributed by atoms with E-state index < -0.39 is 5.97 Å². The lowest BCUT2D eigenvalue weighted by Crippen LogP contribution is -2.08. The second kappa shape index (κ2) is 6.00. The summed E-state index contributed by atoms with van der Waals surface area (Å²) in [6.45, 7) is 2.07. The van der Waals surface area contributed by atoms with Gasteiger partial charge in [-0.1, -0.05) is 30.3 Å². The highest BCUT2D eigenvalue weighted by atomic mass is 16.5. The van der Waals surface area contributed by atoms with Gasteiger partial charge in [-0.05, 0) is 24.6 Å². The molecule has 0 bridgehead atoms. The van der Waals surface area contributed by atoms with E-state index >= 15 is 0 Å². The largest absolute Gasteiger partial charge is 0.464 e. The molecule has 2 aromatic rings. The Morgan fingerprint density at radius 1 is 1.21 bits per heavy atom. The fourth-order valence-corrected chi connectivity index (χ4v) is 1.78. The third-order valence-corrected chi connectivity index (χ3v) is 2.84. The van der Waals surface area contributed by atoms with Crippen molar-refractivity contribution in [2.45, 2.75) is 13.0 Å². The van der Waals surface area contributed by atoms with E-state index in [0.29, 0.717) is 5.69 Å². The minimum absolute atomic E-state index is 0.173. The van der Waals surface area contributed by atoms with Crippen molar-refractivity contribution in [3.05, 3.63) is 59.9 Å². The lowest BCUT2D eigenvalue weighted by molar-refractivity contribution is 0.0594. The number of carbonyl (C=O) groups is 1. The van der Waals surface area contributed by atoms with Crippen LogP contribution >= 0.6 is 0 Å². The van der Waals surface area contributed by atoms with Gasteiger partial charge in [0.2, 0.25) is 0 Å². The molecule has 0 aliphatic rings. The maximum atomic E-state index is 11.3. The van der Waals surface area contributed by atoms with Gasteiger partial charge in [0, 0.05) is 6.04 Å². The second-order valence-corrected chi connectivity index (χ2v) is 4.20. The van der Waals surface area contributed by atoms with Gasteiger partial charge in [-0.3, -0.25) is 0 Å². The van der Waals surface area contributed by atoms with Crippen LogP contribution in [-0.2, 0) is 4.74 Å². The summed E-state index contributed by atoms with van der Waals surface area (Å²) in [5.74, 6) is -0.428. The first kappa shape index (κ1) is 13.1. The summed E-state index contributed by atoms with van der Waals surface area (Å²) in [7, 11) is 1.34. The number of methoxy groups -OCH3 is 1. The van der Waals surface area contributed by atoms with E-state index in [1.807, 2.05) is 24.3 Å². The molecule has 0 aliphatic carbocycles. The number of carbonyl (C=O) groups excluding carboxylic acids is 1. The number of aromatic nitrogens is 1. The number of rotatable bonds is 4. The maximum absolute atomic E-state index is 11.3. The van der Waals surface area contributed by atoms with E-state index in [2.05, 4.69) is 34.1 Å². The zero-order chi connectivity index (χ0) is 13.7. The zero-order valence-corrected chi connectivity index (χ0v) is 11.0. The van der Waals surface area contributed by atoms with E-state index in [1.165, 1.54) is 12.7 Å². The highest BCUT2D eigenvalue weighted by molar-refractivity contribution is 5.87. The lowest BCUT2D eigenvalue weighted by Gasteiger charge is -2.15. The molecule has 0 fully saturated rings. The van der Waals surface area contributed by atoms with Gasteiger partial charge in [-0.25, -0.2) is 9.78 Å². The molecule has 1 aromatic carbocycles. The summed E-state index contributed by atoms with van der Waals surface area (Å²) in [6.07, 6.45) is 1.63. The number of hydrogen-bond donors (Lipinski definition) is 1. The summed E-state index contributed by atoms with van der Waals surface area (Å²) >= 11 is 0. The number of hydrogen-bond acceptors (Lipinski definition) is 4. The first-order valence-corrected chi connectivity index (χ1v) is 6.06. The van der Waals surface area contributed by atoms with Crippen molar-refractivity contribution in [2.75, 3.05) is 12.4 Å². The molecule has 0 saturated heterocycles. The van der Waals surface area contributed by atoms with Gasteiger partial charge in [0.05, 0.1) is 19.0 Å². The van der Waals surface area contributed by atoms with Crippen LogP contribution in [0.2, 0.25) is 0 Å². The molecule has 1 N–H and O–H groups in total. The minimum Gasteiger partial charge on any atom is -0.464 e. The third kappa shape index (κ3) is 3.31. The quantitative estimate of drug-likeness (QED) is 0.854. The molecular weight excluding hydrogens is 240 g/mol. The summed E-state index contributed by atoms with van der Waals surface area (Å²) in [4.78, 5) is 15.3. The van der Waals surface area contributed by atoms with Crippen molar-refractivity contribution in [2.24, 2.45) is 0 Å². The predicted molar refractivity (Wildman–Crippen MR) is 74.1 cm³/mol. The summed E-state index contributed by atoms with van der Waals surface area (Å²) in [6, 6.07) is 13.8. The van der Waals surface area contributed by atoms with Crippen LogP contribution < -0.4 is 5.32 Å². The van der Waals surface area contributed by atoms with Crippen molar-refractivity contribution in [1.29, 1.82) is 0 Å². The van der Waals surface area contributed by atoms with Crippen LogP contribution in [0.3, 0.4) is 0 Å². The summed E-state index contributed by atoms with van der Waals surface area (Å²) in [5.41, 5.74) is 2.36. The molecule has 0 radical (unpaired) electrons. The highest BCUT2D eigenvalue weighted by Crippen LogP contribution is 2.18. The fraction of sp³-hybridized carbons (Fsp3) is 0.200. The number of esters is 1. The zero-order valence-electron chi connectivity index (χ0n) is 11.0. The molecule has 4 heteroatoms. The number of pyridine rings is 1. The molecule has 0 aliphatic heterocycles. The Kier molecular flexibility index (Phi) is 4.13. The van der Waals surface area contributed by atoms with Crippen LogP contribution in [0.5, 0.6) is 0 Å². The monoisotopic (exact) mass is 256 g/mol. The fourth-order valence-electron chi connectivity index (χ4n) is 1.78. The average Bonchev–Trinajstić information content (AvgIpc) is 2.48. The van der Waals surface area contributed by atoms with Crippen LogP contribution in [0.4, 0.5) is 5.69 Å². The Morgan fingerprint density at radius 2 is 1.95 bits per heavy atom. The Morgan fingerprint density at radius 3 is 2.53 bits per heavy atom. The third-order valence-electron chi connectivity index (χ3n) is 2.84.